The highest BCUT2D eigenvalue weighted by Gasteiger charge is 2.26. The van der Waals surface area contributed by atoms with Crippen molar-refractivity contribution >= 4 is 15.9 Å². The number of rotatable bonds is 8. The van der Waals surface area contributed by atoms with Gasteiger partial charge < -0.3 is 5.32 Å². The Labute approximate surface area is 149 Å². The first-order valence-electron chi connectivity index (χ1n) is 8.31. The van der Waals surface area contributed by atoms with Crippen LogP contribution >= 0.6 is 0 Å². The van der Waals surface area contributed by atoms with Crippen LogP contribution in [0.25, 0.3) is 0 Å². The largest absolute Gasteiger partial charge is 0.355 e. The van der Waals surface area contributed by atoms with Crippen molar-refractivity contribution in [3.05, 3.63) is 65.7 Å². The van der Waals surface area contributed by atoms with E-state index in [0.29, 0.717) is 6.54 Å². The van der Waals surface area contributed by atoms with E-state index in [0.717, 1.165) is 17.5 Å². The van der Waals surface area contributed by atoms with Gasteiger partial charge in [-0.3, -0.25) is 4.79 Å². The molecule has 0 aliphatic heterocycles. The van der Waals surface area contributed by atoms with Crippen LogP contribution in [0.15, 0.2) is 59.5 Å². The van der Waals surface area contributed by atoms with Crippen LogP contribution in [0.4, 0.5) is 0 Å². The van der Waals surface area contributed by atoms with Crippen LogP contribution in [0.1, 0.15) is 24.5 Å². The summed E-state index contributed by atoms with van der Waals surface area (Å²) in [7, 11) is -3.76. The maximum Gasteiger partial charge on any atom is 0.243 e. The zero-order valence-electron chi connectivity index (χ0n) is 14.6. The molecule has 2 aromatic rings. The van der Waals surface area contributed by atoms with Gasteiger partial charge in [0.15, 0.2) is 0 Å². The second-order valence-electron chi connectivity index (χ2n) is 5.92. The van der Waals surface area contributed by atoms with E-state index in [1.165, 1.54) is 4.31 Å². The van der Waals surface area contributed by atoms with E-state index >= 15 is 0 Å². The minimum atomic E-state index is -3.76. The Kier molecular flexibility index (Phi) is 6.73. The molecule has 0 bridgehead atoms. The highest BCUT2D eigenvalue weighted by atomic mass is 32.2. The number of amides is 1. The Hall–Kier alpha value is -2.18. The molecule has 0 unspecified atom stereocenters. The molecule has 0 aliphatic carbocycles. The minimum absolute atomic E-state index is 0.150. The first-order chi connectivity index (χ1) is 11.9. The van der Waals surface area contributed by atoms with Crippen molar-refractivity contribution in [3.63, 3.8) is 0 Å². The molecular formula is C19H24N2O3S. The quantitative estimate of drug-likeness (QED) is 0.787. The normalized spacial score (nSPS) is 11.5. The number of hydrogen-bond acceptors (Lipinski definition) is 3. The van der Waals surface area contributed by atoms with Gasteiger partial charge in [0.05, 0.1) is 11.4 Å². The number of benzene rings is 2. The van der Waals surface area contributed by atoms with E-state index in [-0.39, 0.29) is 23.9 Å². The summed E-state index contributed by atoms with van der Waals surface area (Å²) in [6.45, 7) is 4.40. The average molecular weight is 360 g/mol. The van der Waals surface area contributed by atoms with E-state index in [1.807, 2.05) is 38.1 Å². The number of nitrogens with zero attached hydrogens (tertiary/aromatic N) is 1. The van der Waals surface area contributed by atoms with E-state index in [1.54, 1.807) is 30.3 Å². The maximum absolute atomic E-state index is 13.0. The van der Waals surface area contributed by atoms with Crippen LogP contribution in [0.3, 0.4) is 0 Å². The Bertz CT molecular complexity index is 787. The Morgan fingerprint density at radius 1 is 1.04 bits per heavy atom. The monoisotopic (exact) mass is 360 g/mol. The molecule has 0 fully saturated rings. The Morgan fingerprint density at radius 3 is 2.28 bits per heavy atom. The van der Waals surface area contributed by atoms with Crippen LogP contribution in [-0.2, 0) is 21.4 Å². The lowest BCUT2D eigenvalue weighted by atomic mass is 10.1. The zero-order chi connectivity index (χ0) is 18.3. The molecule has 0 aromatic heterocycles. The first-order valence-corrected chi connectivity index (χ1v) is 9.75. The van der Waals surface area contributed by atoms with Gasteiger partial charge in [0.25, 0.3) is 0 Å². The molecule has 0 saturated heterocycles. The third-order valence-corrected chi connectivity index (χ3v) is 5.56. The molecule has 2 rings (SSSR count). The van der Waals surface area contributed by atoms with Crippen LogP contribution in [0.5, 0.6) is 0 Å². The summed E-state index contributed by atoms with van der Waals surface area (Å²) in [5.74, 6) is -0.298. The van der Waals surface area contributed by atoms with Crippen molar-refractivity contribution < 1.29 is 13.2 Å². The topological polar surface area (TPSA) is 66.5 Å². The number of aryl methyl sites for hydroxylation is 1. The summed E-state index contributed by atoms with van der Waals surface area (Å²) in [6, 6.07) is 15.8. The Morgan fingerprint density at radius 2 is 1.68 bits per heavy atom. The van der Waals surface area contributed by atoms with Gasteiger partial charge >= 0.3 is 0 Å². The van der Waals surface area contributed by atoms with E-state index in [4.69, 9.17) is 0 Å². The number of carbonyl (C=O) groups excluding carboxylic acids is 1. The maximum atomic E-state index is 13.0. The molecule has 6 heteroatoms. The Balaban J connectivity index is 2.27. The van der Waals surface area contributed by atoms with Gasteiger partial charge in [-0.15, -0.1) is 0 Å². The summed E-state index contributed by atoms with van der Waals surface area (Å²) < 4.78 is 27.1. The lowest BCUT2D eigenvalue weighted by Gasteiger charge is -2.22. The summed E-state index contributed by atoms with van der Waals surface area (Å²) in [4.78, 5) is 12.3. The molecule has 0 spiro atoms. The van der Waals surface area contributed by atoms with Crippen molar-refractivity contribution in [2.45, 2.75) is 31.7 Å². The van der Waals surface area contributed by atoms with Gasteiger partial charge in [-0.05, 0) is 31.0 Å². The van der Waals surface area contributed by atoms with Crippen molar-refractivity contribution in [2.24, 2.45) is 0 Å². The molecule has 0 saturated carbocycles. The third kappa shape index (κ3) is 5.41. The van der Waals surface area contributed by atoms with Gasteiger partial charge in [-0.2, -0.15) is 4.31 Å². The fourth-order valence-corrected chi connectivity index (χ4v) is 3.75. The van der Waals surface area contributed by atoms with E-state index in [9.17, 15) is 13.2 Å². The molecule has 5 nitrogen and oxygen atoms in total. The summed E-state index contributed by atoms with van der Waals surface area (Å²) in [5.41, 5.74) is 1.94. The van der Waals surface area contributed by atoms with Crippen molar-refractivity contribution in [1.82, 2.24) is 9.62 Å². The third-order valence-electron chi connectivity index (χ3n) is 3.75. The smallest absolute Gasteiger partial charge is 0.243 e. The van der Waals surface area contributed by atoms with Crippen LogP contribution in [0.2, 0.25) is 0 Å². The van der Waals surface area contributed by atoms with E-state index in [2.05, 4.69) is 5.32 Å². The molecule has 134 valence electrons. The van der Waals surface area contributed by atoms with Crippen LogP contribution in [0, 0.1) is 6.92 Å². The second kappa shape index (κ2) is 8.78. The second-order valence-corrected chi connectivity index (χ2v) is 7.86. The molecule has 25 heavy (non-hydrogen) atoms. The van der Waals surface area contributed by atoms with Gasteiger partial charge in [0, 0.05) is 13.1 Å². The molecule has 0 heterocycles. The molecule has 1 N–H and O–H groups in total. The standard InChI is InChI=1S/C19H24N2O3S/c1-3-13-20-19(22)15-21(14-17-11-9-16(2)10-12-17)25(23,24)18-7-5-4-6-8-18/h4-12H,3,13-15H2,1-2H3,(H,20,22). The fraction of sp³-hybridized carbons (Fsp3) is 0.316. The van der Waals surface area contributed by atoms with Gasteiger partial charge in [0.2, 0.25) is 15.9 Å². The fourth-order valence-electron chi connectivity index (χ4n) is 2.35. The molecular weight excluding hydrogens is 336 g/mol. The van der Waals surface area contributed by atoms with Crippen LogP contribution < -0.4 is 5.32 Å². The predicted molar refractivity (Wildman–Crippen MR) is 98.5 cm³/mol. The van der Waals surface area contributed by atoms with Gasteiger partial charge in [-0.25, -0.2) is 8.42 Å². The highest BCUT2D eigenvalue weighted by molar-refractivity contribution is 7.89. The molecule has 0 radical (unpaired) electrons. The van der Waals surface area contributed by atoms with Gasteiger partial charge in [-0.1, -0.05) is 55.0 Å². The van der Waals surface area contributed by atoms with Crippen molar-refractivity contribution in [1.29, 1.82) is 0 Å². The first kappa shape index (κ1) is 19.1. The number of hydrogen-bond donors (Lipinski definition) is 1. The lowest BCUT2D eigenvalue weighted by molar-refractivity contribution is -0.121. The molecule has 0 aliphatic rings. The highest BCUT2D eigenvalue weighted by Crippen LogP contribution is 2.18. The summed E-state index contributed by atoms with van der Waals surface area (Å²) in [6.07, 6.45) is 0.801. The zero-order valence-corrected chi connectivity index (χ0v) is 15.4. The van der Waals surface area contributed by atoms with Crippen molar-refractivity contribution in [3.8, 4) is 0 Å². The SMILES string of the molecule is CCCNC(=O)CN(Cc1ccc(C)cc1)S(=O)(=O)c1ccccc1. The van der Waals surface area contributed by atoms with E-state index < -0.39 is 10.0 Å². The molecule has 1 amide bonds. The number of sulfonamides is 1. The van der Waals surface area contributed by atoms with Crippen molar-refractivity contribution in [2.75, 3.05) is 13.1 Å². The molecule has 2 aromatic carbocycles. The number of carbonyl (C=O) groups is 1. The van der Waals surface area contributed by atoms with Gasteiger partial charge in [0.1, 0.15) is 0 Å². The summed E-state index contributed by atoms with van der Waals surface area (Å²) in [5, 5.41) is 2.74. The minimum Gasteiger partial charge on any atom is -0.355 e. The molecule has 0 atom stereocenters. The predicted octanol–water partition coefficient (Wildman–Crippen LogP) is 2.71. The average Bonchev–Trinajstić information content (AvgIpc) is 2.62. The lowest BCUT2D eigenvalue weighted by Crippen LogP contribution is -2.40. The summed E-state index contributed by atoms with van der Waals surface area (Å²) >= 11 is 0. The number of nitrogens with one attached hydrogen (secondary N) is 1. The van der Waals surface area contributed by atoms with Crippen LogP contribution in [-0.4, -0.2) is 31.7 Å².